The van der Waals surface area contributed by atoms with Crippen LogP contribution in [0.2, 0.25) is 0 Å². The van der Waals surface area contributed by atoms with E-state index in [1.54, 1.807) is 0 Å². The molecule has 0 bridgehead atoms. The van der Waals surface area contributed by atoms with Crippen molar-refractivity contribution in [2.24, 2.45) is 5.92 Å². The van der Waals surface area contributed by atoms with E-state index in [9.17, 15) is 18.7 Å². The Morgan fingerprint density at radius 3 is 2.77 bits per heavy atom. The Morgan fingerprint density at radius 1 is 1.16 bits per heavy atom. The third-order valence-corrected chi connectivity index (χ3v) is 8.75. The van der Waals surface area contributed by atoms with Crippen molar-refractivity contribution in [2.45, 2.75) is 58.4 Å². The van der Waals surface area contributed by atoms with Crippen molar-refractivity contribution >= 4 is 5.97 Å². The minimum Gasteiger partial charge on any atom is -0.488 e. The SMILES string of the molecule is Cc1cccc(-c2cccc3[n+]2C(C)Oc2c(C(=O)O)cnn2-3)c1OCc1ccc2c(c1)CCN(CC1CC(F)(F)C1)C2. The zero-order chi connectivity index (χ0) is 29.9. The van der Waals surface area contributed by atoms with Crippen LogP contribution in [0.4, 0.5) is 8.78 Å². The molecule has 8 nitrogen and oxygen atoms in total. The van der Waals surface area contributed by atoms with E-state index in [4.69, 9.17) is 9.47 Å². The minimum atomic E-state index is -2.47. The van der Waals surface area contributed by atoms with Gasteiger partial charge in [0, 0.05) is 45.5 Å². The highest BCUT2D eigenvalue weighted by Crippen LogP contribution is 2.43. The van der Waals surface area contributed by atoms with Gasteiger partial charge in [0.25, 0.3) is 0 Å². The number of carboxylic acid groups (broad SMARTS) is 1. The summed E-state index contributed by atoms with van der Waals surface area (Å²) in [4.78, 5) is 14.0. The predicted molar refractivity (Wildman–Crippen MR) is 154 cm³/mol. The van der Waals surface area contributed by atoms with Gasteiger partial charge < -0.3 is 14.6 Å². The Bertz CT molecular complexity index is 1730. The summed E-state index contributed by atoms with van der Waals surface area (Å²) in [5.41, 5.74) is 6.37. The van der Waals surface area contributed by atoms with Crippen molar-refractivity contribution in [3.05, 3.63) is 88.6 Å². The summed E-state index contributed by atoms with van der Waals surface area (Å²) in [6, 6.07) is 18.3. The van der Waals surface area contributed by atoms with Crippen LogP contribution < -0.4 is 14.0 Å². The van der Waals surface area contributed by atoms with E-state index in [0.29, 0.717) is 12.4 Å². The fourth-order valence-corrected chi connectivity index (χ4v) is 6.65. The Balaban J connectivity index is 1.12. The number of carboxylic acids is 1. The van der Waals surface area contributed by atoms with Crippen molar-refractivity contribution in [3.8, 4) is 28.7 Å². The van der Waals surface area contributed by atoms with Gasteiger partial charge in [0.15, 0.2) is 5.56 Å². The number of rotatable bonds is 7. The average molecular weight is 588 g/mol. The number of hydrogen-bond donors (Lipinski definition) is 1. The number of aromatic nitrogens is 3. The quantitative estimate of drug-likeness (QED) is 0.279. The molecule has 1 unspecified atom stereocenters. The number of nitrogens with zero attached hydrogens (tertiary/aromatic N) is 4. The molecule has 0 spiro atoms. The van der Waals surface area contributed by atoms with Crippen molar-refractivity contribution in [1.29, 1.82) is 0 Å². The third kappa shape index (κ3) is 5.03. The van der Waals surface area contributed by atoms with Gasteiger partial charge in [0.2, 0.25) is 12.2 Å². The first-order valence-corrected chi connectivity index (χ1v) is 14.6. The molecule has 222 valence electrons. The number of benzene rings is 2. The molecule has 4 aromatic rings. The van der Waals surface area contributed by atoms with E-state index in [2.05, 4.69) is 28.2 Å². The standard InChI is InChI=1S/C33H32F2N4O4/c1-20-5-3-6-26(28-7-4-8-29-38(28)21(2)43-31-27(32(40)41)16-36-39(29)31)30(20)42-19-22-9-10-25-18-37(12-11-24(25)13-22)17-23-14-33(34,35)15-23/h3-10,13,16,21,23H,11-12,14-15,17-19H2,1-2H3/p+1. The highest BCUT2D eigenvalue weighted by atomic mass is 19.3. The molecule has 1 aliphatic carbocycles. The maximum absolute atomic E-state index is 13.3. The van der Waals surface area contributed by atoms with Crippen LogP contribution in [0.25, 0.3) is 17.1 Å². The Hall–Kier alpha value is -4.31. The molecule has 4 heterocycles. The van der Waals surface area contributed by atoms with Crippen LogP contribution in [-0.2, 0) is 19.6 Å². The van der Waals surface area contributed by atoms with Crippen LogP contribution in [0.1, 0.15) is 58.6 Å². The van der Waals surface area contributed by atoms with E-state index in [0.717, 1.165) is 54.2 Å². The maximum atomic E-state index is 13.3. The number of hydrogen-bond acceptors (Lipinski definition) is 5. The fraction of sp³-hybridized carbons (Fsp3) is 0.364. The normalized spacial score (nSPS) is 19.0. The molecular formula is C33H33F2N4O4+. The summed E-state index contributed by atoms with van der Waals surface area (Å²) in [7, 11) is 0. The highest BCUT2D eigenvalue weighted by molar-refractivity contribution is 5.90. The summed E-state index contributed by atoms with van der Waals surface area (Å²) >= 11 is 0. The minimum absolute atomic E-state index is 0.0136. The second kappa shape index (κ2) is 10.4. The second-order valence-electron chi connectivity index (χ2n) is 11.9. The van der Waals surface area contributed by atoms with Gasteiger partial charge in [-0.1, -0.05) is 40.1 Å². The van der Waals surface area contributed by atoms with Gasteiger partial charge in [-0.25, -0.2) is 13.6 Å². The van der Waals surface area contributed by atoms with Gasteiger partial charge in [-0.2, -0.15) is 4.57 Å². The molecule has 43 heavy (non-hydrogen) atoms. The van der Waals surface area contributed by atoms with Crippen molar-refractivity contribution in [3.63, 3.8) is 0 Å². The van der Waals surface area contributed by atoms with Crippen LogP contribution >= 0.6 is 0 Å². The van der Waals surface area contributed by atoms with Gasteiger partial charge in [0.1, 0.15) is 18.1 Å². The lowest BCUT2D eigenvalue weighted by atomic mass is 9.80. The van der Waals surface area contributed by atoms with Gasteiger partial charge >= 0.3 is 17.7 Å². The lowest BCUT2D eigenvalue weighted by molar-refractivity contribution is -0.740. The van der Waals surface area contributed by atoms with Crippen molar-refractivity contribution < 1.29 is 32.7 Å². The molecule has 1 N–H and O–H groups in total. The van der Waals surface area contributed by atoms with E-state index in [1.807, 2.05) is 54.8 Å². The largest absolute Gasteiger partial charge is 0.488 e. The van der Waals surface area contributed by atoms with E-state index in [1.165, 1.54) is 22.0 Å². The Morgan fingerprint density at radius 2 is 1.98 bits per heavy atom. The molecule has 2 aromatic heterocycles. The molecule has 2 aromatic carbocycles. The number of fused-ring (bicyclic) bond motifs is 4. The smallest absolute Gasteiger partial charge is 0.345 e. The third-order valence-electron chi connectivity index (χ3n) is 8.75. The molecule has 0 saturated heterocycles. The van der Waals surface area contributed by atoms with Crippen LogP contribution in [0.3, 0.4) is 0 Å². The summed E-state index contributed by atoms with van der Waals surface area (Å²) < 4.78 is 42.6. The first kappa shape index (κ1) is 27.5. The van der Waals surface area contributed by atoms with E-state index >= 15 is 0 Å². The van der Waals surface area contributed by atoms with Crippen LogP contribution in [0.5, 0.6) is 11.6 Å². The molecular weight excluding hydrogens is 554 g/mol. The number of para-hydroxylation sites is 1. The molecule has 3 aliphatic rings. The maximum Gasteiger partial charge on any atom is 0.345 e. The number of alkyl halides is 2. The van der Waals surface area contributed by atoms with Gasteiger partial charge in [-0.3, -0.25) is 4.90 Å². The first-order valence-electron chi connectivity index (χ1n) is 14.6. The number of aryl methyl sites for hydroxylation is 1. The fourth-order valence-electron chi connectivity index (χ4n) is 6.65. The number of halogens is 2. The second-order valence-corrected chi connectivity index (χ2v) is 11.9. The molecule has 1 atom stereocenters. The molecule has 10 heteroatoms. The van der Waals surface area contributed by atoms with Crippen molar-refractivity contribution in [2.75, 3.05) is 13.1 Å². The first-order chi connectivity index (χ1) is 20.7. The highest BCUT2D eigenvalue weighted by Gasteiger charge is 2.45. The van der Waals surface area contributed by atoms with Gasteiger partial charge in [0.05, 0.1) is 11.8 Å². The lowest BCUT2D eigenvalue weighted by Crippen LogP contribution is -2.50. The molecule has 1 fully saturated rings. The topological polar surface area (TPSA) is 80.7 Å². The number of pyridine rings is 1. The zero-order valence-electron chi connectivity index (χ0n) is 24.1. The van der Waals surface area contributed by atoms with E-state index in [-0.39, 0.29) is 30.2 Å². The monoisotopic (exact) mass is 587 g/mol. The zero-order valence-corrected chi connectivity index (χ0v) is 24.1. The van der Waals surface area contributed by atoms with E-state index < -0.39 is 18.1 Å². The summed E-state index contributed by atoms with van der Waals surface area (Å²) in [6.45, 7) is 6.70. The lowest BCUT2D eigenvalue weighted by Gasteiger charge is -2.39. The van der Waals surface area contributed by atoms with Crippen LogP contribution in [0.15, 0.2) is 60.8 Å². The predicted octanol–water partition coefficient (Wildman–Crippen LogP) is 5.73. The Labute approximate surface area is 248 Å². The number of aromatic carboxylic acids is 1. The number of carbonyl (C=O) groups is 1. The molecule has 1 saturated carbocycles. The van der Waals surface area contributed by atoms with Gasteiger partial charge in [-0.15, -0.1) is 0 Å². The summed E-state index contributed by atoms with van der Waals surface area (Å²) in [5.74, 6) is -1.80. The van der Waals surface area contributed by atoms with Gasteiger partial charge in [-0.05, 0) is 59.7 Å². The molecule has 7 rings (SSSR count). The van der Waals surface area contributed by atoms with Crippen LogP contribution in [-0.4, -0.2) is 44.8 Å². The van der Waals surface area contributed by atoms with Crippen LogP contribution in [0, 0.1) is 12.8 Å². The number of ether oxygens (including phenoxy) is 2. The average Bonchev–Trinajstić information content (AvgIpc) is 3.39. The molecule has 0 radical (unpaired) electrons. The summed E-state index contributed by atoms with van der Waals surface area (Å²) in [5, 5.41) is 13.9. The molecule has 0 amide bonds. The Kier molecular flexibility index (Phi) is 6.69. The summed E-state index contributed by atoms with van der Waals surface area (Å²) in [6.07, 6.45) is 1.74. The van der Waals surface area contributed by atoms with Crippen molar-refractivity contribution in [1.82, 2.24) is 14.7 Å². The molecule has 2 aliphatic heterocycles.